The molecule has 4 nitrogen and oxygen atoms in total. The summed E-state index contributed by atoms with van der Waals surface area (Å²) in [6.07, 6.45) is 0.789. The number of rotatable bonds is 5. The molecule has 1 aliphatic heterocycles. The summed E-state index contributed by atoms with van der Waals surface area (Å²) in [5.74, 6) is 0.398. The van der Waals surface area contributed by atoms with Crippen LogP contribution in [0.25, 0.3) is 0 Å². The number of ether oxygens (including phenoxy) is 1. The Morgan fingerprint density at radius 2 is 1.94 bits per heavy atom. The van der Waals surface area contributed by atoms with Gasteiger partial charge in [0.05, 0.1) is 18.1 Å². The molecule has 100 valence electrons. The van der Waals surface area contributed by atoms with E-state index in [1.54, 1.807) is 0 Å². The zero-order valence-corrected chi connectivity index (χ0v) is 11.3. The third-order valence-electron chi connectivity index (χ3n) is 3.81. The lowest BCUT2D eigenvalue weighted by atomic mass is 9.88. The molecule has 0 aromatic rings. The molecular weight excluding hydrogens is 218 g/mol. The zero-order valence-electron chi connectivity index (χ0n) is 11.3. The van der Waals surface area contributed by atoms with Crippen LogP contribution in [0.2, 0.25) is 0 Å². The number of carbonyl (C=O) groups is 1. The molecule has 4 unspecified atom stereocenters. The van der Waals surface area contributed by atoms with Crippen LogP contribution in [0.3, 0.4) is 0 Å². The molecule has 4 heteroatoms. The van der Waals surface area contributed by atoms with Crippen molar-refractivity contribution in [3.63, 3.8) is 0 Å². The average molecular weight is 243 g/mol. The van der Waals surface area contributed by atoms with Crippen LogP contribution in [0.15, 0.2) is 0 Å². The molecule has 0 saturated carbocycles. The highest BCUT2D eigenvalue weighted by molar-refractivity contribution is 5.80. The second-order valence-corrected chi connectivity index (χ2v) is 4.93. The van der Waals surface area contributed by atoms with Gasteiger partial charge in [0.25, 0.3) is 0 Å². The molecular formula is C13H25NO3. The van der Waals surface area contributed by atoms with Crippen LogP contribution in [0.5, 0.6) is 0 Å². The van der Waals surface area contributed by atoms with Gasteiger partial charge in [0, 0.05) is 19.7 Å². The zero-order chi connectivity index (χ0) is 13.0. The van der Waals surface area contributed by atoms with Crippen molar-refractivity contribution in [2.45, 2.75) is 46.3 Å². The number of hydrogen-bond acceptors (Lipinski definition) is 3. The predicted octanol–water partition coefficient (Wildman–Crippen LogP) is 1.28. The van der Waals surface area contributed by atoms with Crippen molar-refractivity contribution in [3.05, 3.63) is 0 Å². The highest BCUT2D eigenvalue weighted by Gasteiger charge is 2.42. The van der Waals surface area contributed by atoms with Gasteiger partial charge >= 0.3 is 0 Å². The maximum atomic E-state index is 12.4. The van der Waals surface area contributed by atoms with Crippen molar-refractivity contribution in [2.24, 2.45) is 11.8 Å². The largest absolute Gasteiger partial charge is 0.396 e. The van der Waals surface area contributed by atoms with Crippen LogP contribution in [0, 0.1) is 11.8 Å². The van der Waals surface area contributed by atoms with Crippen molar-refractivity contribution in [2.75, 3.05) is 19.7 Å². The Balaban J connectivity index is 2.66. The first-order chi connectivity index (χ1) is 8.02. The molecule has 17 heavy (non-hydrogen) atoms. The van der Waals surface area contributed by atoms with Crippen LogP contribution in [-0.4, -0.2) is 47.8 Å². The van der Waals surface area contributed by atoms with E-state index in [9.17, 15) is 4.79 Å². The lowest BCUT2D eigenvalue weighted by molar-refractivity contribution is -0.137. The SMILES string of the molecule is CCN(CCCO)C(=O)C1C(C)OC(C)C1C. The van der Waals surface area contributed by atoms with Crippen molar-refractivity contribution >= 4 is 5.91 Å². The van der Waals surface area contributed by atoms with Crippen LogP contribution in [-0.2, 0) is 9.53 Å². The third-order valence-corrected chi connectivity index (χ3v) is 3.81. The van der Waals surface area contributed by atoms with E-state index < -0.39 is 0 Å². The topological polar surface area (TPSA) is 49.8 Å². The van der Waals surface area contributed by atoms with E-state index >= 15 is 0 Å². The molecule has 1 saturated heterocycles. The van der Waals surface area contributed by atoms with Crippen molar-refractivity contribution < 1.29 is 14.6 Å². The summed E-state index contributed by atoms with van der Waals surface area (Å²) in [7, 11) is 0. The molecule has 0 aromatic heterocycles. The maximum Gasteiger partial charge on any atom is 0.228 e. The number of aliphatic hydroxyl groups excluding tert-OH is 1. The molecule has 1 fully saturated rings. The first-order valence-corrected chi connectivity index (χ1v) is 6.58. The van der Waals surface area contributed by atoms with E-state index in [2.05, 4.69) is 6.92 Å². The first kappa shape index (κ1) is 14.5. The fraction of sp³-hybridized carbons (Fsp3) is 0.923. The Morgan fingerprint density at radius 1 is 1.29 bits per heavy atom. The second-order valence-electron chi connectivity index (χ2n) is 4.93. The monoisotopic (exact) mass is 243 g/mol. The highest BCUT2D eigenvalue weighted by atomic mass is 16.5. The summed E-state index contributed by atoms with van der Waals surface area (Å²) < 4.78 is 5.71. The fourth-order valence-corrected chi connectivity index (χ4v) is 2.59. The Morgan fingerprint density at radius 3 is 2.35 bits per heavy atom. The Hall–Kier alpha value is -0.610. The van der Waals surface area contributed by atoms with Gasteiger partial charge in [-0.2, -0.15) is 0 Å². The van der Waals surface area contributed by atoms with E-state index in [1.807, 2.05) is 25.7 Å². The van der Waals surface area contributed by atoms with E-state index in [0.717, 1.165) is 0 Å². The van der Waals surface area contributed by atoms with Gasteiger partial charge in [0.1, 0.15) is 0 Å². The van der Waals surface area contributed by atoms with Gasteiger partial charge in [-0.1, -0.05) is 6.92 Å². The number of hydrogen-bond donors (Lipinski definition) is 1. The van der Waals surface area contributed by atoms with Crippen molar-refractivity contribution in [1.82, 2.24) is 4.90 Å². The van der Waals surface area contributed by atoms with E-state index in [1.165, 1.54) is 0 Å². The first-order valence-electron chi connectivity index (χ1n) is 6.58. The standard InChI is InChI=1S/C13H25NO3/c1-5-14(7-6-8-15)13(16)12-9(2)10(3)17-11(12)4/h9-12,15H,5-8H2,1-4H3. The molecule has 0 radical (unpaired) electrons. The van der Waals surface area contributed by atoms with Gasteiger partial charge in [0.15, 0.2) is 0 Å². The van der Waals surface area contributed by atoms with Gasteiger partial charge in [-0.15, -0.1) is 0 Å². The molecule has 1 amide bonds. The lowest BCUT2D eigenvalue weighted by Crippen LogP contribution is -2.41. The van der Waals surface area contributed by atoms with Gasteiger partial charge in [-0.3, -0.25) is 4.79 Å². The summed E-state index contributed by atoms with van der Waals surface area (Å²) in [6, 6.07) is 0. The Labute approximate surface area is 104 Å². The molecule has 1 rings (SSSR count). The number of nitrogens with zero attached hydrogens (tertiary/aromatic N) is 1. The van der Waals surface area contributed by atoms with Crippen molar-refractivity contribution in [1.29, 1.82) is 0 Å². The molecule has 1 heterocycles. The van der Waals surface area contributed by atoms with Gasteiger partial charge in [0.2, 0.25) is 5.91 Å². The Bertz CT molecular complexity index is 257. The fourth-order valence-electron chi connectivity index (χ4n) is 2.59. The normalized spacial score (nSPS) is 32.8. The maximum absolute atomic E-state index is 12.4. The molecule has 0 spiro atoms. The third kappa shape index (κ3) is 3.19. The van der Waals surface area contributed by atoms with Crippen LogP contribution >= 0.6 is 0 Å². The minimum absolute atomic E-state index is 0.00400. The van der Waals surface area contributed by atoms with Crippen LogP contribution in [0.1, 0.15) is 34.1 Å². The predicted molar refractivity (Wildman–Crippen MR) is 66.6 cm³/mol. The van der Waals surface area contributed by atoms with E-state index in [-0.39, 0.29) is 36.6 Å². The lowest BCUT2D eigenvalue weighted by Gasteiger charge is -2.27. The summed E-state index contributed by atoms with van der Waals surface area (Å²) in [5.41, 5.74) is 0. The minimum atomic E-state index is -0.0383. The number of amides is 1. The van der Waals surface area contributed by atoms with Gasteiger partial charge in [-0.05, 0) is 33.1 Å². The summed E-state index contributed by atoms with van der Waals surface area (Å²) in [5, 5.41) is 8.84. The van der Waals surface area contributed by atoms with E-state index in [0.29, 0.717) is 19.5 Å². The molecule has 0 aromatic carbocycles. The number of carbonyl (C=O) groups excluding carboxylic acids is 1. The van der Waals surface area contributed by atoms with Crippen LogP contribution in [0.4, 0.5) is 0 Å². The smallest absolute Gasteiger partial charge is 0.228 e. The molecule has 0 bridgehead atoms. The Kier molecular flexibility index (Phi) is 5.40. The molecule has 1 N–H and O–H groups in total. The average Bonchev–Trinajstić information content (AvgIpc) is 2.54. The quantitative estimate of drug-likeness (QED) is 0.791. The summed E-state index contributed by atoms with van der Waals surface area (Å²) in [4.78, 5) is 14.2. The summed E-state index contributed by atoms with van der Waals surface area (Å²) in [6.45, 7) is 9.52. The van der Waals surface area contributed by atoms with Crippen LogP contribution < -0.4 is 0 Å². The molecule has 1 aliphatic rings. The highest BCUT2D eigenvalue weighted by Crippen LogP contribution is 2.33. The van der Waals surface area contributed by atoms with Gasteiger partial charge < -0.3 is 14.7 Å². The van der Waals surface area contributed by atoms with E-state index in [4.69, 9.17) is 9.84 Å². The van der Waals surface area contributed by atoms with Crippen molar-refractivity contribution in [3.8, 4) is 0 Å². The molecule has 4 atom stereocenters. The number of aliphatic hydroxyl groups is 1. The summed E-state index contributed by atoms with van der Waals surface area (Å²) >= 11 is 0. The van der Waals surface area contributed by atoms with Gasteiger partial charge in [-0.25, -0.2) is 0 Å². The molecule has 0 aliphatic carbocycles. The second kappa shape index (κ2) is 6.36. The minimum Gasteiger partial charge on any atom is -0.396 e.